The van der Waals surface area contributed by atoms with Crippen LogP contribution < -0.4 is 9.64 Å². The monoisotopic (exact) mass is 634 g/mol. The third-order valence-corrected chi connectivity index (χ3v) is 11.1. The van der Waals surface area contributed by atoms with Gasteiger partial charge in [-0.15, -0.1) is 11.3 Å². The lowest BCUT2D eigenvalue weighted by molar-refractivity contribution is -0.141. The molecule has 0 spiro atoms. The summed E-state index contributed by atoms with van der Waals surface area (Å²) >= 11 is 7.53. The molecule has 1 saturated carbocycles. The van der Waals surface area contributed by atoms with E-state index in [0.29, 0.717) is 17.7 Å². The van der Waals surface area contributed by atoms with Crippen molar-refractivity contribution >= 4 is 52.3 Å². The van der Waals surface area contributed by atoms with Crippen LogP contribution in [0.1, 0.15) is 36.1 Å². The fourth-order valence-corrected chi connectivity index (χ4v) is 8.81. The lowest BCUT2D eigenvalue weighted by atomic mass is 9.51. The van der Waals surface area contributed by atoms with Gasteiger partial charge < -0.3 is 9.84 Å². The lowest BCUT2D eigenvalue weighted by Crippen LogP contribution is -2.49. The molecule has 0 radical (unpaired) electrons. The normalized spacial score (nSPS) is 29.5. The first kappa shape index (κ1) is 28.7. The highest BCUT2D eigenvalue weighted by Gasteiger charge is 2.68. The number of imide groups is 2. The summed E-state index contributed by atoms with van der Waals surface area (Å²) in [6.45, 7) is 1.94. The predicted molar refractivity (Wildman–Crippen MR) is 161 cm³/mol. The van der Waals surface area contributed by atoms with Gasteiger partial charge in [0.05, 0.1) is 47.5 Å². The molecule has 4 aliphatic rings. The zero-order chi connectivity index (χ0) is 31.1. The summed E-state index contributed by atoms with van der Waals surface area (Å²) in [4.78, 5) is 59.7. The van der Waals surface area contributed by atoms with Crippen molar-refractivity contribution in [3.63, 3.8) is 0 Å². The number of methoxy groups -OCH3 is 1. The number of phenolic OH excluding ortho intramolecular Hbond substituents is 1. The van der Waals surface area contributed by atoms with E-state index in [-0.39, 0.29) is 41.2 Å². The van der Waals surface area contributed by atoms with Crippen molar-refractivity contribution in [1.29, 1.82) is 0 Å². The Morgan fingerprint density at radius 2 is 1.86 bits per heavy atom. The van der Waals surface area contributed by atoms with E-state index in [2.05, 4.69) is 0 Å². The number of amides is 4. The van der Waals surface area contributed by atoms with Gasteiger partial charge in [0.15, 0.2) is 0 Å². The third kappa shape index (κ3) is 4.00. The van der Waals surface area contributed by atoms with E-state index in [4.69, 9.17) is 16.3 Å². The number of halogens is 2. The Labute approximate surface area is 261 Å². The van der Waals surface area contributed by atoms with Crippen LogP contribution >= 0.6 is 22.9 Å². The molecule has 0 bridgehead atoms. The Bertz CT molecular complexity index is 1780. The summed E-state index contributed by atoms with van der Waals surface area (Å²) in [6.07, 6.45) is 2.46. The van der Waals surface area contributed by atoms with E-state index in [1.165, 1.54) is 47.6 Å². The van der Waals surface area contributed by atoms with E-state index < -0.39 is 52.6 Å². The molecule has 1 N–H and O–H groups in total. The highest BCUT2D eigenvalue weighted by Crippen LogP contribution is 2.64. The number of nitrogens with zero attached hydrogens (tertiary/aromatic N) is 2. The van der Waals surface area contributed by atoms with E-state index in [1.54, 1.807) is 13.0 Å². The molecule has 8 nitrogen and oxygen atoms in total. The molecule has 2 aliphatic heterocycles. The first-order valence-corrected chi connectivity index (χ1v) is 15.6. The highest BCUT2D eigenvalue weighted by molar-refractivity contribution is 7.09. The molecule has 2 aliphatic carbocycles. The minimum absolute atomic E-state index is 0.0328. The van der Waals surface area contributed by atoms with E-state index in [9.17, 15) is 28.7 Å². The van der Waals surface area contributed by atoms with Crippen LogP contribution in [0.15, 0.2) is 65.6 Å². The van der Waals surface area contributed by atoms with Crippen LogP contribution in [0.4, 0.5) is 10.1 Å². The van der Waals surface area contributed by atoms with Crippen molar-refractivity contribution in [3.8, 4) is 11.5 Å². The Kier molecular flexibility index (Phi) is 6.71. The standard InChI is InChI=1S/C33H28ClFN2O6S/c1-33-23(30(40)37(32(33)42)16-5-10-25(35)24(34)12-16)14-22-19(28(33)20-7-6-17(38)13-26(20)43-2)8-9-21-27(22)31(41)36(29(21)39)15-18-4-3-11-44-18/h3-8,10-13,21-23,27-28,38H,9,14-15H2,1-2H3/t21-,22+,23-,27-,28+,33+/m0/s1. The SMILES string of the molecule is COc1cc(O)ccc1[C@H]1C2=CC[C@@H]3C(=O)N(Cc4cccs4)C(=O)[C@@H]3[C@@H]2C[C@H]2C(=O)N(c3ccc(F)c(Cl)c3)C(=O)[C@@]12C. The number of carbonyl (C=O) groups excluding carboxylic acids is 4. The van der Waals surface area contributed by atoms with Gasteiger partial charge in [-0.25, -0.2) is 9.29 Å². The Balaban J connectivity index is 1.37. The third-order valence-electron chi connectivity index (χ3n) is 9.95. The molecule has 2 aromatic carbocycles. The quantitative estimate of drug-likeness (QED) is 0.286. The lowest BCUT2D eigenvalue weighted by Gasteiger charge is -2.49. The van der Waals surface area contributed by atoms with Crippen molar-refractivity contribution in [3.05, 3.63) is 86.8 Å². The summed E-state index contributed by atoms with van der Waals surface area (Å²) in [6, 6.07) is 12.1. The van der Waals surface area contributed by atoms with Gasteiger partial charge in [0, 0.05) is 22.4 Å². The van der Waals surface area contributed by atoms with Gasteiger partial charge in [0.25, 0.3) is 0 Å². The molecular weight excluding hydrogens is 607 g/mol. The van der Waals surface area contributed by atoms with Crippen LogP contribution in [0, 0.1) is 34.9 Å². The van der Waals surface area contributed by atoms with Crippen molar-refractivity contribution in [2.45, 2.75) is 32.2 Å². The van der Waals surface area contributed by atoms with Gasteiger partial charge in [0.2, 0.25) is 23.6 Å². The number of carbonyl (C=O) groups is 4. The summed E-state index contributed by atoms with van der Waals surface area (Å²) < 4.78 is 19.7. The fraction of sp³-hybridized carbons (Fsp3) is 0.333. The van der Waals surface area contributed by atoms with Crippen molar-refractivity contribution in [2.75, 3.05) is 12.0 Å². The second kappa shape index (κ2) is 10.3. The van der Waals surface area contributed by atoms with Crippen LogP contribution in [0.5, 0.6) is 11.5 Å². The molecule has 0 unspecified atom stereocenters. The second-order valence-corrected chi connectivity index (χ2v) is 13.5. The molecule has 3 aromatic rings. The molecule has 3 fully saturated rings. The van der Waals surface area contributed by atoms with Gasteiger partial charge in [-0.2, -0.15) is 0 Å². The molecule has 1 aromatic heterocycles. The van der Waals surface area contributed by atoms with Gasteiger partial charge in [-0.3, -0.25) is 24.1 Å². The smallest absolute Gasteiger partial charge is 0.241 e. The summed E-state index contributed by atoms with van der Waals surface area (Å²) in [5.41, 5.74) is 0.218. The Hall–Kier alpha value is -4.02. The van der Waals surface area contributed by atoms with Gasteiger partial charge in [-0.1, -0.05) is 35.4 Å². The molecule has 7 rings (SSSR count). The van der Waals surface area contributed by atoms with Gasteiger partial charge in [-0.05, 0) is 61.4 Å². The number of anilines is 1. The predicted octanol–water partition coefficient (Wildman–Crippen LogP) is 5.69. The highest BCUT2D eigenvalue weighted by atomic mass is 35.5. The number of benzene rings is 2. The maximum absolute atomic E-state index is 14.5. The molecule has 3 heterocycles. The number of aromatic hydroxyl groups is 1. The average molecular weight is 635 g/mol. The van der Waals surface area contributed by atoms with Gasteiger partial charge >= 0.3 is 0 Å². The number of phenols is 1. The van der Waals surface area contributed by atoms with Crippen LogP contribution in [0.2, 0.25) is 5.02 Å². The largest absolute Gasteiger partial charge is 0.508 e. The zero-order valence-electron chi connectivity index (χ0n) is 23.8. The van der Waals surface area contributed by atoms with Gasteiger partial charge in [0.1, 0.15) is 17.3 Å². The number of fused-ring (bicyclic) bond motifs is 4. The Morgan fingerprint density at radius 1 is 1.07 bits per heavy atom. The van der Waals surface area contributed by atoms with Crippen molar-refractivity contribution in [1.82, 2.24) is 4.90 Å². The molecule has 226 valence electrons. The average Bonchev–Trinajstić information content (AvgIpc) is 3.66. The molecule has 4 amide bonds. The summed E-state index contributed by atoms with van der Waals surface area (Å²) in [5, 5.41) is 11.9. The second-order valence-electron chi connectivity index (χ2n) is 12.0. The molecule has 6 atom stereocenters. The molecule has 2 saturated heterocycles. The number of hydrogen-bond acceptors (Lipinski definition) is 7. The number of likely N-dealkylation sites (tertiary alicyclic amines) is 1. The first-order chi connectivity index (χ1) is 21.1. The maximum atomic E-state index is 14.5. The van der Waals surface area contributed by atoms with E-state index in [1.807, 2.05) is 23.6 Å². The minimum Gasteiger partial charge on any atom is -0.508 e. The molecule has 44 heavy (non-hydrogen) atoms. The minimum atomic E-state index is -1.32. The fourth-order valence-electron chi connectivity index (χ4n) is 7.95. The number of allylic oxidation sites excluding steroid dienone is 2. The Morgan fingerprint density at radius 3 is 2.57 bits per heavy atom. The van der Waals surface area contributed by atoms with Crippen LogP contribution in [-0.2, 0) is 25.7 Å². The van der Waals surface area contributed by atoms with Crippen LogP contribution in [0.3, 0.4) is 0 Å². The first-order valence-electron chi connectivity index (χ1n) is 14.3. The van der Waals surface area contributed by atoms with E-state index in [0.717, 1.165) is 21.4 Å². The maximum Gasteiger partial charge on any atom is 0.241 e. The van der Waals surface area contributed by atoms with Crippen molar-refractivity contribution < 1.29 is 33.4 Å². The number of hydrogen-bond donors (Lipinski definition) is 1. The topological polar surface area (TPSA) is 104 Å². The number of rotatable bonds is 5. The van der Waals surface area contributed by atoms with Crippen LogP contribution in [-0.4, -0.2) is 40.7 Å². The summed E-state index contributed by atoms with van der Waals surface area (Å²) in [7, 11) is 1.46. The number of thiophene rings is 1. The molecular formula is C33H28ClFN2O6S. The van der Waals surface area contributed by atoms with Crippen molar-refractivity contribution in [2.24, 2.45) is 29.1 Å². The zero-order valence-corrected chi connectivity index (χ0v) is 25.4. The summed E-state index contributed by atoms with van der Waals surface area (Å²) in [5.74, 6) is -5.16. The van der Waals surface area contributed by atoms with Crippen LogP contribution in [0.25, 0.3) is 0 Å². The van der Waals surface area contributed by atoms with E-state index >= 15 is 0 Å². The molecule has 11 heteroatoms. The number of ether oxygens (including phenoxy) is 1.